The average Bonchev–Trinajstić information content (AvgIpc) is 2.68. The van der Waals surface area contributed by atoms with Gasteiger partial charge in [0.2, 0.25) is 5.91 Å². The van der Waals surface area contributed by atoms with E-state index in [1.165, 1.54) is 6.92 Å². The van der Waals surface area contributed by atoms with Gasteiger partial charge in [-0.1, -0.05) is 6.08 Å². The molecule has 1 aromatic carbocycles. The molecule has 1 amide bonds. The van der Waals surface area contributed by atoms with E-state index < -0.39 is 18.3 Å². The average molecular weight is 345 g/mol. The van der Waals surface area contributed by atoms with Crippen LogP contribution < -0.4 is 16.8 Å². The zero-order chi connectivity index (χ0) is 19.0. The van der Waals surface area contributed by atoms with Crippen LogP contribution in [-0.4, -0.2) is 30.8 Å². The first kappa shape index (κ1) is 19.3. The van der Waals surface area contributed by atoms with Crippen LogP contribution in [0.2, 0.25) is 0 Å². The number of nitrogens with two attached hydrogens (primary N) is 2. The number of hydrogen-bond acceptors (Lipinski definition) is 5. The van der Waals surface area contributed by atoms with Crippen molar-refractivity contribution in [3.63, 3.8) is 0 Å². The molecule has 0 aromatic heterocycles. The van der Waals surface area contributed by atoms with Crippen LogP contribution in [0, 0.1) is 6.92 Å². The quantitative estimate of drug-likeness (QED) is 0.574. The maximum atomic E-state index is 11.4. The Morgan fingerprint density at radius 1 is 1.16 bits per heavy atom. The molecule has 7 heteroatoms. The summed E-state index contributed by atoms with van der Waals surface area (Å²) in [4.78, 5) is 11.4. The summed E-state index contributed by atoms with van der Waals surface area (Å²) in [5.41, 5.74) is 14.7. The number of rotatable bonds is 4. The van der Waals surface area contributed by atoms with Gasteiger partial charge in [-0.2, -0.15) is 0 Å². The molecule has 0 radical (unpaired) electrons. The molecule has 136 valence electrons. The van der Waals surface area contributed by atoms with Gasteiger partial charge in [0.1, 0.15) is 0 Å². The molecule has 0 saturated carbocycles. The second-order valence-electron chi connectivity index (χ2n) is 7.55. The van der Waals surface area contributed by atoms with E-state index in [0.29, 0.717) is 17.9 Å². The van der Waals surface area contributed by atoms with Crippen LogP contribution in [0.25, 0.3) is 6.08 Å². The van der Waals surface area contributed by atoms with Crippen molar-refractivity contribution in [1.29, 1.82) is 0 Å². The highest BCUT2D eigenvalue weighted by molar-refractivity contribution is 6.56. The highest BCUT2D eigenvalue weighted by Crippen LogP contribution is 2.39. The molecular formula is C18H28BN3O3. The fourth-order valence-electron chi connectivity index (χ4n) is 2.54. The predicted molar refractivity (Wildman–Crippen MR) is 103 cm³/mol. The predicted octanol–water partition coefficient (Wildman–Crippen LogP) is 2.31. The normalized spacial score (nSPS) is 19.1. The van der Waals surface area contributed by atoms with Crippen molar-refractivity contribution in [3.05, 3.63) is 28.7 Å². The van der Waals surface area contributed by atoms with Crippen LogP contribution in [0.15, 0.2) is 17.6 Å². The van der Waals surface area contributed by atoms with Crippen LogP contribution in [0.4, 0.5) is 11.4 Å². The lowest BCUT2D eigenvalue weighted by Crippen LogP contribution is -2.41. The van der Waals surface area contributed by atoms with Gasteiger partial charge < -0.3 is 26.1 Å². The molecule has 1 aromatic rings. The Bertz CT molecular complexity index is 698. The molecule has 0 aliphatic carbocycles. The summed E-state index contributed by atoms with van der Waals surface area (Å²) in [5.74, 6) is -0.115. The van der Waals surface area contributed by atoms with Crippen LogP contribution in [0.1, 0.15) is 45.7 Å². The monoisotopic (exact) mass is 345 g/mol. The fraction of sp³-hybridized carbons (Fsp3) is 0.500. The smallest absolute Gasteiger partial charge is 0.400 e. The minimum absolute atomic E-state index is 0.115. The number of aryl methyl sites for hydroxylation is 1. The molecule has 2 rings (SSSR count). The first-order chi connectivity index (χ1) is 11.4. The number of hydrogen-bond donors (Lipinski definition) is 3. The third kappa shape index (κ3) is 4.17. The van der Waals surface area contributed by atoms with E-state index in [9.17, 15) is 4.79 Å². The van der Waals surface area contributed by atoms with E-state index in [1.54, 1.807) is 0 Å². The maximum absolute atomic E-state index is 11.4. The van der Waals surface area contributed by atoms with E-state index in [2.05, 4.69) is 5.32 Å². The molecule has 1 heterocycles. The first-order valence-corrected chi connectivity index (χ1v) is 8.39. The summed E-state index contributed by atoms with van der Waals surface area (Å²) in [5, 5.41) is 2.82. The molecule has 1 aliphatic heterocycles. The van der Waals surface area contributed by atoms with Crippen molar-refractivity contribution in [2.45, 2.75) is 52.7 Å². The Hall–Kier alpha value is -1.99. The summed E-state index contributed by atoms with van der Waals surface area (Å²) in [6, 6.07) is 3.66. The number of carbonyl (C=O) groups excluding carboxylic acids is 1. The van der Waals surface area contributed by atoms with Crippen molar-refractivity contribution in [2.24, 2.45) is 0 Å². The standard InChI is InChI=1S/C18H28BN3O3/c1-11-7-15(20)16(21)9-13(11)8-14(10-22-12(2)23)19-24-17(3,4)18(5,6)25-19/h7-9H,10,20-21H2,1-6H3,(H,22,23). The molecular weight excluding hydrogens is 317 g/mol. The van der Waals surface area contributed by atoms with Crippen LogP contribution in [-0.2, 0) is 14.1 Å². The van der Waals surface area contributed by atoms with Crippen LogP contribution in [0.3, 0.4) is 0 Å². The minimum Gasteiger partial charge on any atom is -0.400 e. The van der Waals surface area contributed by atoms with Gasteiger partial charge in [0.05, 0.1) is 22.6 Å². The number of carbonyl (C=O) groups is 1. The van der Waals surface area contributed by atoms with Gasteiger partial charge in [-0.3, -0.25) is 4.79 Å². The Kier molecular flexibility index (Phi) is 5.20. The fourth-order valence-corrected chi connectivity index (χ4v) is 2.54. The molecule has 1 saturated heterocycles. The number of benzene rings is 1. The minimum atomic E-state index is -0.546. The van der Waals surface area contributed by atoms with E-state index in [0.717, 1.165) is 16.6 Å². The Balaban J connectivity index is 2.40. The summed E-state index contributed by atoms with van der Waals surface area (Å²) in [6.07, 6.45) is 1.95. The van der Waals surface area contributed by atoms with Gasteiger partial charge in [-0.15, -0.1) is 0 Å². The zero-order valence-electron chi connectivity index (χ0n) is 15.9. The second kappa shape index (κ2) is 6.73. The van der Waals surface area contributed by atoms with Gasteiger partial charge in [-0.05, 0) is 63.4 Å². The van der Waals surface area contributed by atoms with Gasteiger partial charge in [0.15, 0.2) is 0 Å². The molecule has 6 nitrogen and oxygen atoms in total. The number of amides is 1. The lowest BCUT2D eigenvalue weighted by Gasteiger charge is -2.32. The van der Waals surface area contributed by atoms with E-state index >= 15 is 0 Å². The Morgan fingerprint density at radius 2 is 1.68 bits per heavy atom. The SMILES string of the molecule is CC(=O)NCC(=Cc1cc(N)c(N)cc1C)B1OC(C)(C)C(C)(C)O1. The van der Waals surface area contributed by atoms with Crippen molar-refractivity contribution in [2.75, 3.05) is 18.0 Å². The highest BCUT2D eigenvalue weighted by Gasteiger charge is 2.52. The molecule has 0 spiro atoms. The van der Waals surface area contributed by atoms with Gasteiger partial charge >= 0.3 is 7.12 Å². The summed E-state index contributed by atoms with van der Waals surface area (Å²) in [6.45, 7) is 11.8. The van der Waals surface area contributed by atoms with Crippen molar-refractivity contribution in [1.82, 2.24) is 5.32 Å². The van der Waals surface area contributed by atoms with Crippen molar-refractivity contribution >= 4 is 30.5 Å². The molecule has 0 unspecified atom stereocenters. The van der Waals surface area contributed by atoms with E-state index in [1.807, 2.05) is 52.8 Å². The Morgan fingerprint density at radius 3 is 2.20 bits per heavy atom. The summed E-state index contributed by atoms with van der Waals surface area (Å²) < 4.78 is 12.3. The topological polar surface area (TPSA) is 99.6 Å². The largest absolute Gasteiger partial charge is 0.492 e. The molecule has 1 aliphatic rings. The third-order valence-corrected chi connectivity index (χ3v) is 4.91. The lowest BCUT2D eigenvalue weighted by molar-refractivity contribution is -0.118. The molecule has 5 N–H and O–H groups in total. The van der Waals surface area contributed by atoms with Gasteiger partial charge in [-0.25, -0.2) is 0 Å². The lowest BCUT2D eigenvalue weighted by atomic mass is 9.76. The summed E-state index contributed by atoms with van der Waals surface area (Å²) >= 11 is 0. The first-order valence-electron chi connectivity index (χ1n) is 8.39. The zero-order valence-corrected chi connectivity index (χ0v) is 15.9. The van der Waals surface area contributed by atoms with Gasteiger partial charge in [0, 0.05) is 13.5 Å². The molecule has 1 fully saturated rings. The van der Waals surface area contributed by atoms with Crippen LogP contribution >= 0.6 is 0 Å². The Labute approximate surface area is 150 Å². The van der Waals surface area contributed by atoms with Crippen molar-refractivity contribution in [3.8, 4) is 0 Å². The van der Waals surface area contributed by atoms with Crippen LogP contribution in [0.5, 0.6) is 0 Å². The molecule has 0 atom stereocenters. The third-order valence-electron chi connectivity index (χ3n) is 4.91. The van der Waals surface area contributed by atoms with E-state index in [4.69, 9.17) is 20.8 Å². The van der Waals surface area contributed by atoms with Gasteiger partial charge in [0.25, 0.3) is 0 Å². The maximum Gasteiger partial charge on any atom is 0.492 e. The van der Waals surface area contributed by atoms with E-state index in [-0.39, 0.29) is 5.91 Å². The summed E-state index contributed by atoms with van der Waals surface area (Å²) in [7, 11) is -0.546. The number of nitrogen functional groups attached to an aromatic ring is 2. The highest BCUT2D eigenvalue weighted by atomic mass is 16.7. The molecule has 0 bridgehead atoms. The van der Waals surface area contributed by atoms with Crippen molar-refractivity contribution < 1.29 is 14.1 Å². The number of nitrogens with one attached hydrogen (secondary N) is 1. The second-order valence-corrected chi connectivity index (χ2v) is 7.55. The number of anilines is 2. The molecule has 25 heavy (non-hydrogen) atoms.